The van der Waals surface area contributed by atoms with Crippen LogP contribution in [0.15, 0.2) is 17.0 Å². The molecule has 6 heteroatoms. The molecule has 0 radical (unpaired) electrons. The summed E-state index contributed by atoms with van der Waals surface area (Å²) in [4.78, 5) is 0.0103. The van der Waals surface area contributed by atoms with Crippen molar-refractivity contribution in [1.29, 1.82) is 0 Å². The van der Waals surface area contributed by atoms with Gasteiger partial charge in [0.1, 0.15) is 5.82 Å². The molecule has 1 aromatic rings. The lowest BCUT2D eigenvalue weighted by atomic mass is 9.99. The zero-order chi connectivity index (χ0) is 15.6. The van der Waals surface area contributed by atoms with E-state index in [0.717, 1.165) is 19.3 Å². The minimum Gasteiger partial charge on any atom is -0.392 e. The number of halogens is 1. The number of aliphatic hydroxyl groups is 1. The third-order valence-electron chi connectivity index (χ3n) is 4.36. The Hall–Kier alpha value is -0.980. The van der Waals surface area contributed by atoms with Gasteiger partial charge in [-0.25, -0.2) is 17.5 Å². The molecule has 1 aromatic carbocycles. The fourth-order valence-corrected chi connectivity index (χ4v) is 4.13. The smallest absolute Gasteiger partial charge is 0.240 e. The highest BCUT2D eigenvalue weighted by atomic mass is 32.2. The zero-order valence-electron chi connectivity index (χ0n) is 12.4. The number of hydrogen-bond donors (Lipinski definition) is 2. The van der Waals surface area contributed by atoms with Crippen LogP contribution in [0.3, 0.4) is 0 Å². The van der Waals surface area contributed by atoms with Crippen molar-refractivity contribution in [1.82, 2.24) is 4.72 Å². The zero-order valence-corrected chi connectivity index (χ0v) is 13.2. The Bertz CT molecular complexity index is 616. The van der Waals surface area contributed by atoms with Crippen LogP contribution in [-0.4, -0.2) is 20.1 Å². The first-order valence-electron chi connectivity index (χ1n) is 7.24. The molecule has 0 heterocycles. The molecule has 2 N–H and O–H groups in total. The highest BCUT2D eigenvalue weighted by Crippen LogP contribution is 2.30. The van der Waals surface area contributed by atoms with Gasteiger partial charge in [0.15, 0.2) is 0 Å². The van der Waals surface area contributed by atoms with Crippen LogP contribution in [-0.2, 0) is 16.6 Å². The van der Waals surface area contributed by atoms with Crippen LogP contribution in [0.1, 0.15) is 37.3 Å². The maximum atomic E-state index is 13.7. The van der Waals surface area contributed by atoms with E-state index in [1.807, 2.05) is 0 Å². The molecule has 0 bridgehead atoms. The van der Waals surface area contributed by atoms with Gasteiger partial charge >= 0.3 is 0 Å². The monoisotopic (exact) mass is 315 g/mol. The molecule has 1 aliphatic rings. The van der Waals surface area contributed by atoms with E-state index in [2.05, 4.69) is 11.6 Å². The van der Waals surface area contributed by atoms with E-state index in [-0.39, 0.29) is 16.0 Å². The first-order chi connectivity index (χ1) is 9.85. The van der Waals surface area contributed by atoms with Gasteiger partial charge in [-0.2, -0.15) is 0 Å². The highest BCUT2D eigenvalue weighted by molar-refractivity contribution is 7.89. The maximum absolute atomic E-state index is 13.7. The molecule has 2 atom stereocenters. The molecular weight excluding hydrogens is 293 g/mol. The second-order valence-corrected chi connectivity index (χ2v) is 7.66. The Balaban J connectivity index is 2.17. The van der Waals surface area contributed by atoms with Crippen molar-refractivity contribution < 1.29 is 17.9 Å². The molecule has 0 amide bonds. The second-order valence-electron chi connectivity index (χ2n) is 5.89. The predicted molar refractivity (Wildman–Crippen MR) is 78.8 cm³/mol. The average Bonchev–Trinajstić information content (AvgIpc) is 2.85. The molecule has 1 saturated carbocycles. The Labute approximate surface area is 125 Å². The van der Waals surface area contributed by atoms with Crippen LogP contribution in [0.25, 0.3) is 0 Å². The van der Waals surface area contributed by atoms with Gasteiger partial charge in [0.05, 0.1) is 11.5 Å². The lowest BCUT2D eigenvalue weighted by Gasteiger charge is -2.16. The number of aryl methyl sites for hydroxylation is 1. The lowest BCUT2D eigenvalue weighted by molar-refractivity contribution is 0.275. The minimum atomic E-state index is -3.67. The minimum absolute atomic E-state index is 0.00427. The van der Waals surface area contributed by atoms with E-state index >= 15 is 0 Å². The average molecular weight is 315 g/mol. The molecule has 0 aliphatic heterocycles. The van der Waals surface area contributed by atoms with Crippen molar-refractivity contribution in [3.8, 4) is 0 Å². The molecule has 1 fully saturated rings. The van der Waals surface area contributed by atoms with Gasteiger partial charge in [-0.05, 0) is 42.9 Å². The SMILES string of the molecule is Cc1cc(S(=O)(=O)NCC2CCCC2C)cc(CO)c1F. The van der Waals surface area contributed by atoms with Gasteiger partial charge in [-0.1, -0.05) is 19.8 Å². The van der Waals surface area contributed by atoms with Gasteiger partial charge in [0, 0.05) is 12.1 Å². The summed E-state index contributed by atoms with van der Waals surface area (Å²) in [5, 5.41) is 9.12. The standard InChI is InChI=1S/C15H22FNO3S/c1-10-4-3-5-12(10)8-17-21(19,20)14-6-11(2)15(16)13(7-14)9-18/h6-7,10,12,17-18H,3-5,8-9H2,1-2H3. The summed E-state index contributed by atoms with van der Waals surface area (Å²) in [7, 11) is -3.67. The van der Waals surface area contributed by atoms with E-state index in [0.29, 0.717) is 18.4 Å². The van der Waals surface area contributed by atoms with Crippen molar-refractivity contribution in [2.24, 2.45) is 11.8 Å². The summed E-state index contributed by atoms with van der Waals surface area (Å²) in [5.74, 6) is 0.329. The molecule has 0 spiro atoms. The van der Waals surface area contributed by atoms with Crippen LogP contribution in [0.2, 0.25) is 0 Å². The van der Waals surface area contributed by atoms with Crippen LogP contribution >= 0.6 is 0 Å². The quantitative estimate of drug-likeness (QED) is 0.876. The molecule has 0 saturated heterocycles. The first kappa shape index (κ1) is 16.4. The fourth-order valence-electron chi connectivity index (χ4n) is 2.90. The van der Waals surface area contributed by atoms with Crippen molar-refractivity contribution in [2.75, 3.05) is 6.54 Å². The largest absolute Gasteiger partial charge is 0.392 e. The van der Waals surface area contributed by atoms with Crippen LogP contribution in [0.5, 0.6) is 0 Å². The highest BCUT2D eigenvalue weighted by Gasteiger charge is 2.26. The summed E-state index contributed by atoms with van der Waals surface area (Å²) < 4.78 is 40.9. The Kier molecular flexibility index (Phi) is 5.01. The first-order valence-corrected chi connectivity index (χ1v) is 8.73. The summed E-state index contributed by atoms with van der Waals surface area (Å²) in [5.41, 5.74) is 0.223. The summed E-state index contributed by atoms with van der Waals surface area (Å²) in [6.07, 6.45) is 3.31. The third kappa shape index (κ3) is 3.62. The van der Waals surface area contributed by atoms with E-state index in [4.69, 9.17) is 5.11 Å². The summed E-state index contributed by atoms with van der Waals surface area (Å²) in [6, 6.07) is 2.50. The number of benzene rings is 1. The molecule has 2 unspecified atom stereocenters. The van der Waals surface area contributed by atoms with Crippen LogP contribution in [0, 0.1) is 24.6 Å². The molecule has 118 valence electrons. The third-order valence-corrected chi connectivity index (χ3v) is 5.76. The van der Waals surface area contributed by atoms with Crippen molar-refractivity contribution in [3.05, 3.63) is 29.1 Å². The van der Waals surface area contributed by atoms with Gasteiger partial charge in [-0.15, -0.1) is 0 Å². The van der Waals surface area contributed by atoms with E-state index in [9.17, 15) is 12.8 Å². The summed E-state index contributed by atoms with van der Waals surface area (Å²) in [6.45, 7) is 3.52. The number of rotatable bonds is 5. The predicted octanol–water partition coefficient (Wildman–Crippen LogP) is 2.34. The Morgan fingerprint density at radius 1 is 1.38 bits per heavy atom. The molecular formula is C15H22FNO3S. The molecule has 21 heavy (non-hydrogen) atoms. The molecule has 2 rings (SSSR count). The molecule has 0 aromatic heterocycles. The molecule has 4 nitrogen and oxygen atoms in total. The van der Waals surface area contributed by atoms with Crippen LogP contribution in [0.4, 0.5) is 4.39 Å². The van der Waals surface area contributed by atoms with Crippen LogP contribution < -0.4 is 4.72 Å². The number of hydrogen-bond acceptors (Lipinski definition) is 3. The van der Waals surface area contributed by atoms with Crippen molar-refractivity contribution in [3.63, 3.8) is 0 Å². The number of aliphatic hydroxyl groups excluding tert-OH is 1. The van der Waals surface area contributed by atoms with Gasteiger partial charge in [0.2, 0.25) is 10.0 Å². The molecule has 1 aliphatic carbocycles. The lowest BCUT2D eigenvalue weighted by Crippen LogP contribution is -2.30. The van der Waals surface area contributed by atoms with E-state index in [1.165, 1.54) is 19.1 Å². The maximum Gasteiger partial charge on any atom is 0.240 e. The van der Waals surface area contributed by atoms with Crippen molar-refractivity contribution >= 4 is 10.0 Å². The Morgan fingerprint density at radius 3 is 2.67 bits per heavy atom. The Morgan fingerprint density at radius 2 is 2.10 bits per heavy atom. The van der Waals surface area contributed by atoms with Gasteiger partial charge in [0.25, 0.3) is 0 Å². The van der Waals surface area contributed by atoms with E-state index < -0.39 is 22.4 Å². The normalized spacial score (nSPS) is 22.7. The van der Waals surface area contributed by atoms with E-state index in [1.54, 1.807) is 0 Å². The van der Waals surface area contributed by atoms with Crippen molar-refractivity contribution in [2.45, 2.75) is 44.6 Å². The van der Waals surface area contributed by atoms with Gasteiger partial charge in [-0.3, -0.25) is 0 Å². The van der Waals surface area contributed by atoms with Gasteiger partial charge < -0.3 is 5.11 Å². The second kappa shape index (κ2) is 6.42. The summed E-state index contributed by atoms with van der Waals surface area (Å²) >= 11 is 0. The number of nitrogens with one attached hydrogen (secondary N) is 1. The topological polar surface area (TPSA) is 66.4 Å². The number of sulfonamides is 1. The fraction of sp³-hybridized carbons (Fsp3) is 0.600.